The van der Waals surface area contributed by atoms with Crippen LogP contribution in [0.1, 0.15) is 49.8 Å². The number of hydrogen-bond donors (Lipinski definition) is 1. The van der Waals surface area contributed by atoms with Gasteiger partial charge in [0.1, 0.15) is 5.52 Å². The van der Waals surface area contributed by atoms with Crippen LogP contribution in [0, 0.1) is 11.3 Å². The summed E-state index contributed by atoms with van der Waals surface area (Å²) in [5, 5.41) is 12.7. The van der Waals surface area contributed by atoms with E-state index in [2.05, 4.69) is 16.3 Å². The molecule has 2 aromatic heterocycles. The molecule has 1 saturated heterocycles. The van der Waals surface area contributed by atoms with E-state index >= 15 is 0 Å². The first-order valence-electron chi connectivity index (χ1n) is 11.0. The van der Waals surface area contributed by atoms with Crippen LogP contribution >= 0.6 is 0 Å². The van der Waals surface area contributed by atoms with E-state index in [-0.39, 0.29) is 0 Å². The fourth-order valence-electron chi connectivity index (χ4n) is 4.65. The lowest BCUT2D eigenvalue weighted by molar-refractivity contribution is 0.223. The summed E-state index contributed by atoms with van der Waals surface area (Å²) in [5.41, 5.74) is 5.39. The van der Waals surface area contributed by atoms with Gasteiger partial charge in [-0.3, -0.25) is 4.98 Å². The number of aromatic nitrogens is 2. The van der Waals surface area contributed by atoms with Crippen molar-refractivity contribution in [1.29, 1.82) is 5.26 Å². The minimum atomic E-state index is 0.399. The maximum atomic E-state index is 8.84. The van der Waals surface area contributed by atoms with Crippen molar-refractivity contribution >= 4 is 16.7 Å². The fourth-order valence-corrected chi connectivity index (χ4v) is 4.65. The van der Waals surface area contributed by atoms with Crippen molar-refractivity contribution in [2.75, 3.05) is 39.2 Å². The zero-order chi connectivity index (χ0) is 20.9. The highest BCUT2D eigenvalue weighted by Crippen LogP contribution is 2.37. The number of nitrogens with zero attached hydrogens (tertiary/aromatic N) is 4. The molecular weight excluding hydrogens is 378 g/mol. The van der Waals surface area contributed by atoms with Crippen LogP contribution in [0.4, 0.5) is 5.69 Å². The molecule has 2 aliphatic rings. The molecular formula is C23H31N5O2. The minimum Gasteiger partial charge on any atom is -0.491 e. The molecule has 0 saturated carbocycles. The molecule has 1 fully saturated rings. The summed E-state index contributed by atoms with van der Waals surface area (Å²) in [6.07, 6.45) is 8.40. The second kappa shape index (κ2) is 9.48. The maximum Gasteiger partial charge on any atom is 0.257 e. The van der Waals surface area contributed by atoms with Crippen LogP contribution < -0.4 is 14.8 Å². The lowest BCUT2D eigenvalue weighted by Crippen LogP contribution is -2.39. The van der Waals surface area contributed by atoms with Crippen LogP contribution in [-0.4, -0.2) is 54.8 Å². The van der Waals surface area contributed by atoms with E-state index in [1.54, 1.807) is 14.2 Å². The SMILES string of the molecule is COc1cc2nc3c(c(NC4CCN(CCC#N)CC4)c2nc1OC)CCCCC3. The van der Waals surface area contributed by atoms with Crippen molar-refractivity contribution < 1.29 is 9.47 Å². The molecule has 0 bridgehead atoms. The second-order valence-electron chi connectivity index (χ2n) is 8.21. The molecule has 0 atom stereocenters. The van der Waals surface area contributed by atoms with E-state index in [4.69, 9.17) is 24.7 Å². The van der Waals surface area contributed by atoms with Gasteiger partial charge in [-0.05, 0) is 44.1 Å². The molecule has 0 aromatic carbocycles. The van der Waals surface area contributed by atoms with Gasteiger partial charge in [0.15, 0.2) is 5.75 Å². The van der Waals surface area contributed by atoms with Crippen LogP contribution in [0.25, 0.3) is 11.0 Å². The highest BCUT2D eigenvalue weighted by Gasteiger charge is 2.24. The average Bonchev–Trinajstić information content (AvgIpc) is 3.03. The van der Waals surface area contributed by atoms with Crippen LogP contribution in [0.15, 0.2) is 6.07 Å². The third-order valence-corrected chi connectivity index (χ3v) is 6.31. The molecule has 0 spiro atoms. The van der Waals surface area contributed by atoms with Crippen molar-refractivity contribution in [3.05, 3.63) is 17.3 Å². The molecule has 7 heteroatoms. The van der Waals surface area contributed by atoms with E-state index in [0.29, 0.717) is 24.1 Å². The molecule has 0 amide bonds. The van der Waals surface area contributed by atoms with Gasteiger partial charge in [-0.25, -0.2) is 4.98 Å². The zero-order valence-electron chi connectivity index (χ0n) is 18.0. The smallest absolute Gasteiger partial charge is 0.257 e. The van der Waals surface area contributed by atoms with Crippen molar-refractivity contribution in [1.82, 2.24) is 14.9 Å². The van der Waals surface area contributed by atoms with Gasteiger partial charge >= 0.3 is 0 Å². The Hall–Kier alpha value is -2.59. The van der Waals surface area contributed by atoms with E-state index < -0.39 is 0 Å². The monoisotopic (exact) mass is 409 g/mol. The number of likely N-dealkylation sites (tertiary alicyclic amines) is 1. The average molecular weight is 410 g/mol. The molecule has 30 heavy (non-hydrogen) atoms. The van der Waals surface area contributed by atoms with Crippen molar-refractivity contribution in [3.8, 4) is 17.7 Å². The van der Waals surface area contributed by atoms with Gasteiger partial charge in [0.25, 0.3) is 5.88 Å². The normalized spacial score (nSPS) is 17.8. The molecule has 1 aliphatic heterocycles. The number of pyridine rings is 2. The predicted molar refractivity (Wildman–Crippen MR) is 117 cm³/mol. The first-order valence-corrected chi connectivity index (χ1v) is 11.0. The van der Waals surface area contributed by atoms with Crippen LogP contribution in [-0.2, 0) is 12.8 Å². The number of anilines is 1. The number of piperidine rings is 1. The summed E-state index contributed by atoms with van der Waals surface area (Å²) in [4.78, 5) is 12.2. The lowest BCUT2D eigenvalue weighted by Gasteiger charge is -2.33. The maximum absolute atomic E-state index is 8.84. The lowest BCUT2D eigenvalue weighted by atomic mass is 10.0. The molecule has 4 rings (SSSR count). The summed E-state index contributed by atoms with van der Waals surface area (Å²) in [5.74, 6) is 1.11. The largest absolute Gasteiger partial charge is 0.491 e. The summed E-state index contributed by atoms with van der Waals surface area (Å²) in [6.45, 7) is 2.92. The summed E-state index contributed by atoms with van der Waals surface area (Å²) in [7, 11) is 3.26. The first-order chi connectivity index (χ1) is 14.7. The Kier molecular flexibility index (Phi) is 6.53. The molecule has 0 radical (unpaired) electrons. The summed E-state index contributed by atoms with van der Waals surface area (Å²) < 4.78 is 11.0. The highest BCUT2D eigenvalue weighted by molar-refractivity contribution is 5.91. The van der Waals surface area contributed by atoms with E-state index in [1.807, 2.05) is 6.07 Å². The summed E-state index contributed by atoms with van der Waals surface area (Å²) in [6, 6.07) is 4.60. The zero-order valence-corrected chi connectivity index (χ0v) is 18.0. The molecule has 1 aliphatic carbocycles. The van der Waals surface area contributed by atoms with Crippen molar-refractivity contribution in [3.63, 3.8) is 0 Å². The van der Waals surface area contributed by atoms with Gasteiger partial charge in [-0.15, -0.1) is 0 Å². The van der Waals surface area contributed by atoms with E-state index in [1.165, 1.54) is 30.5 Å². The highest BCUT2D eigenvalue weighted by atomic mass is 16.5. The van der Waals surface area contributed by atoms with Gasteiger partial charge in [0.2, 0.25) is 0 Å². The Morgan fingerprint density at radius 3 is 2.67 bits per heavy atom. The van der Waals surface area contributed by atoms with Gasteiger partial charge in [-0.1, -0.05) is 6.42 Å². The fraction of sp³-hybridized carbons (Fsp3) is 0.609. The third kappa shape index (κ3) is 4.29. The second-order valence-corrected chi connectivity index (χ2v) is 8.21. The Morgan fingerprint density at radius 2 is 1.93 bits per heavy atom. The molecule has 3 heterocycles. The quantitative estimate of drug-likeness (QED) is 0.728. The Bertz CT molecular complexity index is 932. The Morgan fingerprint density at radius 1 is 1.13 bits per heavy atom. The van der Waals surface area contributed by atoms with Crippen LogP contribution in [0.3, 0.4) is 0 Å². The Balaban J connectivity index is 1.68. The molecule has 160 valence electrons. The molecule has 7 nitrogen and oxygen atoms in total. The van der Waals surface area contributed by atoms with Gasteiger partial charge < -0.3 is 19.7 Å². The number of hydrogen-bond acceptors (Lipinski definition) is 7. The molecule has 1 N–H and O–H groups in total. The van der Waals surface area contributed by atoms with Gasteiger partial charge in [0, 0.05) is 43.9 Å². The number of nitrogens with one attached hydrogen (secondary N) is 1. The molecule has 0 unspecified atom stereocenters. The number of rotatable bonds is 6. The number of methoxy groups -OCH3 is 2. The third-order valence-electron chi connectivity index (χ3n) is 6.31. The molecule has 2 aromatic rings. The predicted octanol–water partition coefficient (Wildman–Crippen LogP) is 3.71. The number of nitriles is 1. The number of fused-ring (bicyclic) bond motifs is 2. The van der Waals surface area contributed by atoms with Gasteiger partial charge in [0.05, 0.1) is 31.5 Å². The summed E-state index contributed by atoms with van der Waals surface area (Å²) >= 11 is 0. The van der Waals surface area contributed by atoms with E-state index in [0.717, 1.165) is 62.0 Å². The van der Waals surface area contributed by atoms with Crippen LogP contribution in [0.5, 0.6) is 11.6 Å². The van der Waals surface area contributed by atoms with Gasteiger partial charge in [-0.2, -0.15) is 5.26 Å². The van der Waals surface area contributed by atoms with Crippen LogP contribution in [0.2, 0.25) is 0 Å². The standard InChI is InChI=1S/C23H31N5O2/c1-29-20-15-19-22(27-23(20)30-2)21(17-7-4-3-5-8-18(17)26-19)25-16-9-13-28(14-10-16)12-6-11-24/h15-16H,3-10,12-14H2,1-2H3,(H,25,26). The Labute approximate surface area is 178 Å². The number of aryl methyl sites for hydroxylation is 1. The topological polar surface area (TPSA) is 83.3 Å². The van der Waals surface area contributed by atoms with Crippen molar-refractivity contribution in [2.24, 2.45) is 0 Å². The minimum absolute atomic E-state index is 0.399. The van der Waals surface area contributed by atoms with E-state index in [9.17, 15) is 0 Å². The van der Waals surface area contributed by atoms with Crippen molar-refractivity contribution in [2.45, 2.75) is 57.4 Å². The number of ether oxygens (including phenoxy) is 2. The first kappa shape index (κ1) is 20.7.